The lowest BCUT2D eigenvalue weighted by Gasteiger charge is -2.27. The molecule has 0 atom stereocenters. The van der Waals surface area contributed by atoms with Crippen molar-refractivity contribution in [2.24, 2.45) is 5.92 Å². The molecule has 2 heterocycles. The first-order valence-corrected chi connectivity index (χ1v) is 8.76. The van der Waals surface area contributed by atoms with E-state index in [1.807, 2.05) is 0 Å². The number of amides is 1. The third-order valence-electron chi connectivity index (χ3n) is 3.93. The molecule has 2 N–H and O–H groups in total. The minimum Gasteiger partial charge on any atom is -0.352 e. The highest BCUT2D eigenvalue weighted by molar-refractivity contribution is 7.93. The van der Waals surface area contributed by atoms with Gasteiger partial charge in [0.15, 0.2) is 0 Å². The number of anilines is 1. The first kappa shape index (κ1) is 17.1. The SMILES string of the molecule is Cl.O=C(NCC1CNC1)c1ccc(N2CCCS2(=O)=O)cc1. The third kappa shape index (κ3) is 3.53. The van der Waals surface area contributed by atoms with E-state index in [1.54, 1.807) is 24.3 Å². The number of sulfonamides is 1. The van der Waals surface area contributed by atoms with Gasteiger partial charge in [-0.05, 0) is 30.7 Å². The molecule has 2 fully saturated rings. The van der Waals surface area contributed by atoms with Crippen molar-refractivity contribution in [2.45, 2.75) is 6.42 Å². The normalized spacial score (nSPS) is 20.1. The summed E-state index contributed by atoms with van der Waals surface area (Å²) in [5.74, 6) is 0.602. The number of carbonyl (C=O) groups is 1. The maximum absolute atomic E-state index is 12.0. The molecule has 3 rings (SSSR count). The van der Waals surface area contributed by atoms with Gasteiger partial charge in [0, 0.05) is 37.7 Å². The fourth-order valence-electron chi connectivity index (χ4n) is 2.54. The van der Waals surface area contributed by atoms with Crippen LogP contribution in [-0.2, 0) is 10.0 Å². The Bertz CT molecular complexity index is 629. The van der Waals surface area contributed by atoms with Crippen LogP contribution in [0.15, 0.2) is 24.3 Å². The number of nitrogens with one attached hydrogen (secondary N) is 2. The molecule has 8 heteroatoms. The molecule has 22 heavy (non-hydrogen) atoms. The summed E-state index contributed by atoms with van der Waals surface area (Å²) in [6, 6.07) is 6.75. The highest BCUT2D eigenvalue weighted by Gasteiger charge is 2.28. The quantitative estimate of drug-likeness (QED) is 0.837. The van der Waals surface area contributed by atoms with Gasteiger partial charge in [0.1, 0.15) is 0 Å². The van der Waals surface area contributed by atoms with Crippen LogP contribution in [-0.4, -0.2) is 46.3 Å². The van der Waals surface area contributed by atoms with Crippen molar-refractivity contribution in [3.8, 4) is 0 Å². The average Bonchev–Trinajstić information content (AvgIpc) is 2.76. The van der Waals surface area contributed by atoms with Gasteiger partial charge in [-0.2, -0.15) is 0 Å². The minimum absolute atomic E-state index is 0. The molecule has 6 nitrogen and oxygen atoms in total. The van der Waals surface area contributed by atoms with Crippen molar-refractivity contribution >= 4 is 34.0 Å². The Hall–Kier alpha value is -1.31. The van der Waals surface area contributed by atoms with Crippen molar-refractivity contribution in [3.63, 3.8) is 0 Å². The van der Waals surface area contributed by atoms with Crippen LogP contribution in [0.1, 0.15) is 16.8 Å². The molecule has 0 saturated carbocycles. The zero-order valence-corrected chi connectivity index (χ0v) is 13.8. The molecule has 0 spiro atoms. The predicted molar refractivity (Wildman–Crippen MR) is 88.1 cm³/mol. The monoisotopic (exact) mass is 345 g/mol. The fourth-order valence-corrected chi connectivity index (χ4v) is 4.10. The Labute approximate surface area is 136 Å². The summed E-state index contributed by atoms with van der Waals surface area (Å²) < 4.78 is 25.1. The van der Waals surface area contributed by atoms with E-state index in [-0.39, 0.29) is 24.1 Å². The second-order valence-electron chi connectivity index (χ2n) is 5.52. The van der Waals surface area contributed by atoms with Crippen LogP contribution in [0.2, 0.25) is 0 Å². The second kappa shape index (κ2) is 6.85. The van der Waals surface area contributed by atoms with Crippen LogP contribution in [0.25, 0.3) is 0 Å². The van der Waals surface area contributed by atoms with Crippen LogP contribution in [0.5, 0.6) is 0 Å². The maximum Gasteiger partial charge on any atom is 0.251 e. The molecule has 1 amide bonds. The van der Waals surface area contributed by atoms with E-state index in [0.29, 0.717) is 36.7 Å². The Morgan fingerprint density at radius 3 is 2.45 bits per heavy atom. The van der Waals surface area contributed by atoms with Gasteiger partial charge in [0.05, 0.1) is 11.4 Å². The van der Waals surface area contributed by atoms with E-state index in [2.05, 4.69) is 10.6 Å². The van der Waals surface area contributed by atoms with E-state index < -0.39 is 10.0 Å². The van der Waals surface area contributed by atoms with Crippen molar-refractivity contribution in [1.29, 1.82) is 0 Å². The molecule has 0 aromatic heterocycles. The van der Waals surface area contributed by atoms with Crippen LogP contribution in [0, 0.1) is 5.92 Å². The molecule has 0 aliphatic carbocycles. The lowest BCUT2D eigenvalue weighted by atomic mass is 10.0. The van der Waals surface area contributed by atoms with E-state index in [4.69, 9.17) is 0 Å². The van der Waals surface area contributed by atoms with E-state index >= 15 is 0 Å². The van der Waals surface area contributed by atoms with Crippen molar-refractivity contribution in [2.75, 3.05) is 36.2 Å². The van der Waals surface area contributed by atoms with Gasteiger partial charge in [-0.15, -0.1) is 12.4 Å². The standard InChI is InChI=1S/C14H19N3O3S.ClH/c18-14(16-10-11-8-15-9-11)12-2-4-13(5-3-12)17-6-1-7-21(17,19)20;/h2-5,11,15H,1,6-10H2,(H,16,18);1H. The molecular weight excluding hydrogens is 326 g/mol. The van der Waals surface area contributed by atoms with Crippen LogP contribution >= 0.6 is 12.4 Å². The zero-order valence-electron chi connectivity index (χ0n) is 12.1. The van der Waals surface area contributed by atoms with Gasteiger partial charge >= 0.3 is 0 Å². The molecular formula is C14H20ClN3O3S. The van der Waals surface area contributed by atoms with Gasteiger partial charge < -0.3 is 10.6 Å². The summed E-state index contributed by atoms with van der Waals surface area (Å²) in [6.07, 6.45) is 0.653. The van der Waals surface area contributed by atoms with Crippen molar-refractivity contribution in [1.82, 2.24) is 10.6 Å². The summed E-state index contributed by atoms with van der Waals surface area (Å²) in [5, 5.41) is 6.05. The van der Waals surface area contributed by atoms with Gasteiger partial charge in [-0.25, -0.2) is 8.42 Å². The van der Waals surface area contributed by atoms with Crippen LogP contribution < -0.4 is 14.9 Å². The van der Waals surface area contributed by atoms with E-state index in [0.717, 1.165) is 13.1 Å². The Morgan fingerprint density at radius 2 is 1.95 bits per heavy atom. The number of halogens is 1. The smallest absolute Gasteiger partial charge is 0.251 e. The number of hydrogen-bond acceptors (Lipinski definition) is 4. The van der Waals surface area contributed by atoms with E-state index in [9.17, 15) is 13.2 Å². The number of rotatable bonds is 4. The maximum atomic E-state index is 12.0. The highest BCUT2D eigenvalue weighted by Crippen LogP contribution is 2.24. The molecule has 2 aliphatic heterocycles. The number of hydrogen-bond donors (Lipinski definition) is 2. The van der Waals surface area contributed by atoms with Crippen LogP contribution in [0.4, 0.5) is 5.69 Å². The third-order valence-corrected chi connectivity index (χ3v) is 5.80. The summed E-state index contributed by atoms with van der Waals surface area (Å²) in [4.78, 5) is 12.0. The Balaban J connectivity index is 0.00000176. The lowest BCUT2D eigenvalue weighted by Crippen LogP contribution is -2.48. The fraction of sp³-hybridized carbons (Fsp3) is 0.500. The van der Waals surface area contributed by atoms with Gasteiger partial charge in [0.2, 0.25) is 10.0 Å². The lowest BCUT2D eigenvalue weighted by molar-refractivity contribution is 0.0942. The first-order chi connectivity index (χ1) is 10.1. The predicted octanol–water partition coefficient (Wildman–Crippen LogP) is 0.597. The molecule has 0 radical (unpaired) electrons. The van der Waals surface area contributed by atoms with E-state index in [1.165, 1.54) is 4.31 Å². The Morgan fingerprint density at radius 1 is 1.27 bits per heavy atom. The summed E-state index contributed by atoms with van der Waals surface area (Å²) in [5.41, 5.74) is 1.19. The number of benzene rings is 1. The van der Waals surface area contributed by atoms with Crippen molar-refractivity contribution < 1.29 is 13.2 Å². The Kier molecular flexibility index (Phi) is 5.31. The van der Waals surface area contributed by atoms with Gasteiger partial charge in [-0.3, -0.25) is 9.10 Å². The van der Waals surface area contributed by atoms with Crippen LogP contribution in [0.3, 0.4) is 0 Å². The summed E-state index contributed by atoms with van der Waals surface area (Å²) in [7, 11) is -3.16. The molecule has 1 aromatic rings. The zero-order chi connectivity index (χ0) is 14.9. The molecule has 2 aliphatic rings. The number of nitrogens with zero attached hydrogens (tertiary/aromatic N) is 1. The largest absolute Gasteiger partial charge is 0.352 e. The summed E-state index contributed by atoms with van der Waals surface area (Å²) >= 11 is 0. The minimum atomic E-state index is -3.16. The molecule has 1 aromatic carbocycles. The number of carbonyl (C=O) groups excluding carboxylic acids is 1. The molecule has 2 saturated heterocycles. The van der Waals surface area contributed by atoms with Gasteiger partial charge in [0.25, 0.3) is 5.91 Å². The molecule has 0 bridgehead atoms. The van der Waals surface area contributed by atoms with Crippen molar-refractivity contribution in [3.05, 3.63) is 29.8 Å². The highest BCUT2D eigenvalue weighted by atomic mass is 35.5. The first-order valence-electron chi connectivity index (χ1n) is 7.16. The van der Waals surface area contributed by atoms with Gasteiger partial charge in [-0.1, -0.05) is 0 Å². The second-order valence-corrected chi connectivity index (χ2v) is 7.54. The molecule has 0 unspecified atom stereocenters. The topological polar surface area (TPSA) is 78.5 Å². The summed E-state index contributed by atoms with van der Waals surface area (Å²) in [6.45, 7) is 3.09. The molecule has 122 valence electrons. The average molecular weight is 346 g/mol.